The van der Waals surface area contributed by atoms with Crippen LogP contribution in [0.5, 0.6) is 0 Å². The lowest BCUT2D eigenvalue weighted by Gasteiger charge is -2.03. The molecule has 0 fully saturated rings. The molecule has 0 aliphatic carbocycles. The highest BCUT2D eigenvalue weighted by Crippen LogP contribution is 2.10. The molecule has 15 heavy (non-hydrogen) atoms. The van der Waals surface area contributed by atoms with E-state index < -0.39 is 5.97 Å². The van der Waals surface area contributed by atoms with Gasteiger partial charge in [0.25, 0.3) is 0 Å². The number of benzene rings is 1. The minimum atomic E-state index is -1.04. The maximum absolute atomic E-state index is 10.9. The van der Waals surface area contributed by atoms with Crippen molar-refractivity contribution in [2.24, 2.45) is 0 Å². The van der Waals surface area contributed by atoms with Gasteiger partial charge < -0.3 is 10.4 Å². The van der Waals surface area contributed by atoms with Crippen LogP contribution in [0.1, 0.15) is 10.4 Å². The number of carboxylic acid groups (broad SMARTS) is 1. The Hall–Kier alpha value is -1.26. The molecule has 0 aliphatic rings. The Kier molecular flexibility index (Phi) is 5.74. The molecule has 1 rings (SSSR count). The number of halogens is 2. The molecule has 0 saturated carbocycles. The predicted molar refractivity (Wildman–Crippen MR) is 60.0 cm³/mol. The Labute approximate surface area is 97.6 Å². The van der Waals surface area contributed by atoms with Crippen LogP contribution in [-0.2, 0) is 4.79 Å². The fourth-order valence-corrected chi connectivity index (χ4v) is 0.991. The Morgan fingerprint density at radius 3 is 2.60 bits per heavy atom. The van der Waals surface area contributed by atoms with Gasteiger partial charge in [-0.25, -0.2) is 4.79 Å². The standard InChI is InChI=1S/C9H8ClNO3.ClH/c10-5-8(12)11-7-3-1-2-6(4-7)9(13)14;/h1-4H,5H2,(H,11,12)(H,13,14);1H. The van der Waals surface area contributed by atoms with E-state index >= 15 is 0 Å². The maximum atomic E-state index is 10.9. The largest absolute Gasteiger partial charge is 0.478 e. The molecular weight excluding hydrogens is 241 g/mol. The average molecular weight is 250 g/mol. The smallest absolute Gasteiger partial charge is 0.335 e. The van der Waals surface area contributed by atoms with Crippen molar-refractivity contribution in [2.75, 3.05) is 11.2 Å². The molecule has 0 aliphatic heterocycles. The number of hydrogen-bond acceptors (Lipinski definition) is 2. The number of amides is 1. The van der Waals surface area contributed by atoms with Crippen LogP contribution in [0, 0.1) is 0 Å². The van der Waals surface area contributed by atoms with Gasteiger partial charge in [-0.05, 0) is 18.2 Å². The Morgan fingerprint density at radius 1 is 1.40 bits per heavy atom. The first-order valence-corrected chi connectivity index (χ1v) is 4.36. The summed E-state index contributed by atoms with van der Waals surface area (Å²) in [6.45, 7) is 0. The normalized spacial score (nSPS) is 8.87. The van der Waals surface area contributed by atoms with Crippen molar-refractivity contribution in [1.29, 1.82) is 0 Å². The van der Waals surface area contributed by atoms with E-state index in [0.717, 1.165) is 0 Å². The first-order valence-electron chi connectivity index (χ1n) is 3.82. The topological polar surface area (TPSA) is 66.4 Å². The second kappa shape index (κ2) is 6.27. The number of hydrogen-bond donors (Lipinski definition) is 2. The number of carbonyl (C=O) groups excluding carboxylic acids is 1. The number of carboxylic acids is 1. The highest BCUT2D eigenvalue weighted by Gasteiger charge is 2.04. The average Bonchev–Trinajstić information content (AvgIpc) is 2.18. The molecule has 0 saturated heterocycles. The molecule has 0 atom stereocenters. The van der Waals surface area contributed by atoms with Crippen LogP contribution in [0.2, 0.25) is 0 Å². The van der Waals surface area contributed by atoms with E-state index in [-0.39, 0.29) is 29.8 Å². The molecule has 0 unspecified atom stereocenters. The van der Waals surface area contributed by atoms with E-state index in [2.05, 4.69) is 5.32 Å². The van der Waals surface area contributed by atoms with Crippen LogP contribution in [0.25, 0.3) is 0 Å². The number of alkyl halides is 1. The van der Waals surface area contributed by atoms with Crippen molar-refractivity contribution in [3.05, 3.63) is 29.8 Å². The van der Waals surface area contributed by atoms with Crippen molar-refractivity contribution in [3.63, 3.8) is 0 Å². The summed E-state index contributed by atoms with van der Waals surface area (Å²) in [6.07, 6.45) is 0. The molecule has 0 bridgehead atoms. The van der Waals surface area contributed by atoms with Crippen LogP contribution >= 0.6 is 24.0 Å². The van der Waals surface area contributed by atoms with E-state index in [0.29, 0.717) is 5.69 Å². The van der Waals surface area contributed by atoms with Gasteiger partial charge in [0, 0.05) is 5.69 Å². The summed E-state index contributed by atoms with van der Waals surface area (Å²) < 4.78 is 0. The maximum Gasteiger partial charge on any atom is 0.335 e. The molecule has 2 N–H and O–H groups in total. The molecule has 1 aromatic carbocycles. The third kappa shape index (κ3) is 4.18. The van der Waals surface area contributed by atoms with Crippen molar-refractivity contribution >= 4 is 41.6 Å². The molecule has 4 nitrogen and oxygen atoms in total. The van der Waals surface area contributed by atoms with E-state index in [9.17, 15) is 9.59 Å². The third-order valence-electron chi connectivity index (χ3n) is 1.51. The zero-order valence-electron chi connectivity index (χ0n) is 7.57. The van der Waals surface area contributed by atoms with Gasteiger partial charge in [0.05, 0.1) is 5.56 Å². The lowest BCUT2D eigenvalue weighted by Crippen LogP contribution is -2.12. The molecule has 0 heterocycles. The minimum absolute atomic E-state index is 0. The van der Waals surface area contributed by atoms with Crippen molar-refractivity contribution < 1.29 is 14.7 Å². The van der Waals surface area contributed by atoms with Gasteiger partial charge in [-0.3, -0.25) is 4.79 Å². The molecule has 0 spiro atoms. The van der Waals surface area contributed by atoms with Gasteiger partial charge in [0.1, 0.15) is 5.88 Å². The van der Waals surface area contributed by atoms with Crippen LogP contribution in [-0.4, -0.2) is 22.9 Å². The summed E-state index contributed by atoms with van der Waals surface area (Å²) in [7, 11) is 0. The molecule has 6 heteroatoms. The lowest BCUT2D eigenvalue weighted by molar-refractivity contribution is -0.113. The Balaban J connectivity index is 0.00000196. The number of aromatic carboxylic acids is 1. The predicted octanol–water partition coefficient (Wildman–Crippen LogP) is 1.98. The molecule has 0 aromatic heterocycles. The number of rotatable bonds is 3. The van der Waals surface area contributed by atoms with Gasteiger partial charge in [0.15, 0.2) is 0 Å². The van der Waals surface area contributed by atoms with E-state index in [1.165, 1.54) is 12.1 Å². The lowest BCUT2D eigenvalue weighted by atomic mass is 10.2. The van der Waals surface area contributed by atoms with Crippen molar-refractivity contribution in [3.8, 4) is 0 Å². The highest BCUT2D eigenvalue weighted by molar-refractivity contribution is 6.29. The zero-order valence-corrected chi connectivity index (χ0v) is 9.14. The monoisotopic (exact) mass is 249 g/mol. The third-order valence-corrected chi connectivity index (χ3v) is 1.76. The first kappa shape index (κ1) is 13.7. The summed E-state index contributed by atoms with van der Waals surface area (Å²) in [4.78, 5) is 21.4. The van der Waals surface area contributed by atoms with Gasteiger partial charge in [-0.15, -0.1) is 24.0 Å². The highest BCUT2D eigenvalue weighted by atomic mass is 35.5. The van der Waals surface area contributed by atoms with Crippen molar-refractivity contribution in [2.45, 2.75) is 0 Å². The summed E-state index contributed by atoms with van der Waals surface area (Å²) in [6, 6.07) is 5.95. The van der Waals surface area contributed by atoms with E-state index in [1.807, 2.05) is 0 Å². The minimum Gasteiger partial charge on any atom is -0.478 e. The summed E-state index contributed by atoms with van der Waals surface area (Å²) in [5.41, 5.74) is 0.549. The molecule has 1 aromatic rings. The van der Waals surface area contributed by atoms with Gasteiger partial charge in [0.2, 0.25) is 5.91 Å². The van der Waals surface area contributed by atoms with Crippen LogP contribution < -0.4 is 5.32 Å². The molecular formula is C9H9Cl2NO3. The second-order valence-electron chi connectivity index (χ2n) is 2.57. The molecule has 1 amide bonds. The number of carbonyl (C=O) groups is 2. The van der Waals surface area contributed by atoms with E-state index in [4.69, 9.17) is 16.7 Å². The fourth-order valence-electron chi connectivity index (χ4n) is 0.924. The van der Waals surface area contributed by atoms with Gasteiger partial charge >= 0.3 is 5.97 Å². The van der Waals surface area contributed by atoms with Crippen LogP contribution in [0.4, 0.5) is 5.69 Å². The van der Waals surface area contributed by atoms with Gasteiger partial charge in [-0.2, -0.15) is 0 Å². The summed E-state index contributed by atoms with van der Waals surface area (Å²) in [5.74, 6) is -1.56. The molecule has 82 valence electrons. The summed E-state index contributed by atoms with van der Waals surface area (Å²) in [5, 5.41) is 11.1. The van der Waals surface area contributed by atoms with Gasteiger partial charge in [-0.1, -0.05) is 6.07 Å². The van der Waals surface area contributed by atoms with E-state index in [1.54, 1.807) is 12.1 Å². The quantitative estimate of drug-likeness (QED) is 0.806. The van der Waals surface area contributed by atoms with Crippen LogP contribution in [0.15, 0.2) is 24.3 Å². The van der Waals surface area contributed by atoms with Crippen molar-refractivity contribution in [1.82, 2.24) is 0 Å². The molecule has 0 radical (unpaired) electrons. The number of nitrogens with one attached hydrogen (secondary N) is 1. The van der Waals surface area contributed by atoms with Crippen LogP contribution in [0.3, 0.4) is 0 Å². The summed E-state index contributed by atoms with van der Waals surface area (Å²) >= 11 is 5.28. The Bertz CT molecular complexity index is 368. The second-order valence-corrected chi connectivity index (χ2v) is 2.84. The zero-order chi connectivity index (χ0) is 10.6. The SMILES string of the molecule is Cl.O=C(CCl)Nc1cccc(C(=O)O)c1. The first-order chi connectivity index (χ1) is 6.63. The fraction of sp³-hybridized carbons (Fsp3) is 0.111. The number of anilines is 1. The Morgan fingerprint density at radius 2 is 2.07 bits per heavy atom.